The summed E-state index contributed by atoms with van der Waals surface area (Å²) in [4.78, 5) is 11.8. The zero-order valence-electron chi connectivity index (χ0n) is 10.7. The summed E-state index contributed by atoms with van der Waals surface area (Å²) in [5.41, 5.74) is 3.96. The molecule has 1 aromatic carbocycles. The predicted molar refractivity (Wildman–Crippen MR) is 71.2 cm³/mol. The standard InChI is InChI=1S/C14H14N2O3/c1-9(11-5-3-4-6-13(11)17)15-16-14(18)12-7-8-19-10(12)2/h3-8,17H,1-2H3,(H,16,18)/b15-9+. The Labute approximate surface area is 110 Å². The molecule has 0 bridgehead atoms. The number of benzene rings is 1. The second-order valence-electron chi connectivity index (χ2n) is 4.05. The van der Waals surface area contributed by atoms with Crippen molar-refractivity contribution in [3.63, 3.8) is 0 Å². The third-order valence-electron chi connectivity index (χ3n) is 2.72. The molecule has 1 amide bonds. The van der Waals surface area contributed by atoms with Gasteiger partial charge >= 0.3 is 0 Å². The molecule has 0 saturated heterocycles. The highest BCUT2D eigenvalue weighted by molar-refractivity contribution is 6.02. The Balaban J connectivity index is 2.13. The summed E-state index contributed by atoms with van der Waals surface area (Å²) in [7, 11) is 0. The summed E-state index contributed by atoms with van der Waals surface area (Å²) in [6.07, 6.45) is 1.45. The lowest BCUT2D eigenvalue weighted by Gasteiger charge is -2.04. The molecule has 19 heavy (non-hydrogen) atoms. The largest absolute Gasteiger partial charge is 0.507 e. The third kappa shape index (κ3) is 2.82. The van der Waals surface area contributed by atoms with E-state index in [9.17, 15) is 9.90 Å². The number of rotatable bonds is 3. The van der Waals surface area contributed by atoms with Crippen molar-refractivity contribution >= 4 is 11.6 Å². The highest BCUT2D eigenvalue weighted by Crippen LogP contribution is 2.16. The molecular weight excluding hydrogens is 244 g/mol. The second kappa shape index (κ2) is 5.39. The van der Waals surface area contributed by atoms with Crippen molar-refractivity contribution in [2.24, 2.45) is 5.10 Å². The molecule has 2 aromatic rings. The number of hydrazone groups is 1. The molecule has 5 nitrogen and oxygen atoms in total. The van der Waals surface area contributed by atoms with Gasteiger partial charge in [0.05, 0.1) is 17.5 Å². The lowest BCUT2D eigenvalue weighted by Crippen LogP contribution is -2.19. The van der Waals surface area contributed by atoms with Crippen molar-refractivity contribution in [2.45, 2.75) is 13.8 Å². The second-order valence-corrected chi connectivity index (χ2v) is 4.05. The Kier molecular flexibility index (Phi) is 3.66. The number of amides is 1. The van der Waals surface area contributed by atoms with E-state index in [-0.39, 0.29) is 11.7 Å². The first-order valence-corrected chi connectivity index (χ1v) is 5.76. The predicted octanol–water partition coefficient (Wildman–Crippen LogP) is 2.45. The molecule has 0 radical (unpaired) electrons. The molecule has 2 N–H and O–H groups in total. The first-order chi connectivity index (χ1) is 9.09. The fourth-order valence-electron chi connectivity index (χ4n) is 1.66. The van der Waals surface area contributed by atoms with Gasteiger partial charge in [-0.1, -0.05) is 12.1 Å². The average Bonchev–Trinajstić information content (AvgIpc) is 2.82. The van der Waals surface area contributed by atoms with Crippen LogP contribution in [-0.2, 0) is 0 Å². The minimum Gasteiger partial charge on any atom is -0.507 e. The molecule has 0 unspecified atom stereocenters. The number of carbonyl (C=O) groups is 1. The molecule has 98 valence electrons. The first kappa shape index (κ1) is 12.9. The van der Waals surface area contributed by atoms with Gasteiger partial charge in [-0.15, -0.1) is 0 Å². The number of nitrogens with one attached hydrogen (secondary N) is 1. The molecule has 5 heteroatoms. The zero-order chi connectivity index (χ0) is 13.8. The topological polar surface area (TPSA) is 74.8 Å². The van der Waals surface area contributed by atoms with E-state index in [2.05, 4.69) is 10.5 Å². The van der Waals surface area contributed by atoms with Crippen molar-refractivity contribution < 1.29 is 14.3 Å². The summed E-state index contributed by atoms with van der Waals surface area (Å²) in [6.45, 7) is 3.41. The van der Waals surface area contributed by atoms with Gasteiger partial charge in [-0.3, -0.25) is 4.79 Å². The van der Waals surface area contributed by atoms with Crippen LogP contribution in [0.3, 0.4) is 0 Å². The zero-order valence-corrected chi connectivity index (χ0v) is 10.7. The van der Waals surface area contributed by atoms with E-state index in [4.69, 9.17) is 4.42 Å². The van der Waals surface area contributed by atoms with Gasteiger partial charge in [0.1, 0.15) is 11.5 Å². The number of furan rings is 1. The van der Waals surface area contributed by atoms with Crippen LogP contribution in [0.4, 0.5) is 0 Å². The van der Waals surface area contributed by atoms with Gasteiger partial charge in [-0.25, -0.2) is 5.43 Å². The Morgan fingerprint density at radius 1 is 1.26 bits per heavy atom. The molecule has 0 aliphatic carbocycles. The molecule has 2 rings (SSSR count). The summed E-state index contributed by atoms with van der Waals surface area (Å²) in [5.74, 6) is 0.312. The number of hydrogen-bond acceptors (Lipinski definition) is 4. The van der Waals surface area contributed by atoms with Crippen LogP contribution >= 0.6 is 0 Å². The van der Waals surface area contributed by atoms with Crippen LogP contribution in [-0.4, -0.2) is 16.7 Å². The van der Waals surface area contributed by atoms with Crippen molar-refractivity contribution in [2.75, 3.05) is 0 Å². The van der Waals surface area contributed by atoms with E-state index < -0.39 is 0 Å². The van der Waals surface area contributed by atoms with Crippen molar-refractivity contribution in [3.05, 3.63) is 53.5 Å². The van der Waals surface area contributed by atoms with E-state index in [1.165, 1.54) is 6.26 Å². The van der Waals surface area contributed by atoms with E-state index in [0.29, 0.717) is 22.6 Å². The molecule has 1 heterocycles. The normalized spacial score (nSPS) is 11.4. The van der Waals surface area contributed by atoms with E-state index in [1.807, 2.05) is 0 Å². The molecular formula is C14H14N2O3. The van der Waals surface area contributed by atoms with Crippen LogP contribution < -0.4 is 5.43 Å². The fraction of sp³-hybridized carbons (Fsp3) is 0.143. The third-order valence-corrected chi connectivity index (χ3v) is 2.72. The van der Waals surface area contributed by atoms with Crippen LogP contribution in [0.15, 0.2) is 46.1 Å². The number of aryl methyl sites for hydroxylation is 1. The van der Waals surface area contributed by atoms with Crippen LogP contribution in [0.2, 0.25) is 0 Å². The van der Waals surface area contributed by atoms with Gasteiger partial charge in [0.25, 0.3) is 5.91 Å². The summed E-state index contributed by atoms with van der Waals surface area (Å²) >= 11 is 0. The van der Waals surface area contributed by atoms with Crippen LogP contribution in [0, 0.1) is 6.92 Å². The fourth-order valence-corrected chi connectivity index (χ4v) is 1.66. The van der Waals surface area contributed by atoms with Gasteiger partial charge in [0.15, 0.2) is 0 Å². The summed E-state index contributed by atoms with van der Waals surface area (Å²) in [5, 5.41) is 13.6. The van der Waals surface area contributed by atoms with Gasteiger partial charge in [-0.05, 0) is 32.0 Å². The maximum atomic E-state index is 11.8. The van der Waals surface area contributed by atoms with Gasteiger partial charge < -0.3 is 9.52 Å². The van der Waals surface area contributed by atoms with E-state index in [1.54, 1.807) is 44.2 Å². The lowest BCUT2D eigenvalue weighted by molar-refractivity contribution is 0.0953. The number of carbonyl (C=O) groups excluding carboxylic acids is 1. The minimum absolute atomic E-state index is 0.123. The van der Waals surface area contributed by atoms with Crippen LogP contribution in [0.25, 0.3) is 0 Å². The quantitative estimate of drug-likeness (QED) is 0.656. The highest BCUT2D eigenvalue weighted by atomic mass is 16.3. The first-order valence-electron chi connectivity index (χ1n) is 5.76. The van der Waals surface area contributed by atoms with Crippen LogP contribution in [0.1, 0.15) is 28.6 Å². The molecule has 0 saturated carbocycles. The van der Waals surface area contributed by atoms with E-state index >= 15 is 0 Å². The highest BCUT2D eigenvalue weighted by Gasteiger charge is 2.11. The van der Waals surface area contributed by atoms with Crippen LogP contribution in [0.5, 0.6) is 5.75 Å². The maximum absolute atomic E-state index is 11.8. The Morgan fingerprint density at radius 3 is 2.63 bits per heavy atom. The number of nitrogens with zero attached hydrogens (tertiary/aromatic N) is 1. The number of para-hydroxylation sites is 1. The molecule has 0 aliphatic rings. The number of aromatic hydroxyl groups is 1. The average molecular weight is 258 g/mol. The Morgan fingerprint density at radius 2 is 2.00 bits per heavy atom. The molecule has 0 fully saturated rings. The smallest absolute Gasteiger partial charge is 0.274 e. The Bertz CT molecular complexity index is 629. The number of phenolic OH excluding ortho intramolecular Hbond substituents is 1. The molecule has 0 spiro atoms. The SMILES string of the molecule is C/C(=N\NC(=O)c1ccoc1C)c1ccccc1O. The monoisotopic (exact) mass is 258 g/mol. The van der Waals surface area contributed by atoms with Crippen molar-refractivity contribution in [3.8, 4) is 5.75 Å². The van der Waals surface area contributed by atoms with E-state index in [0.717, 1.165) is 0 Å². The van der Waals surface area contributed by atoms with Crippen molar-refractivity contribution in [1.82, 2.24) is 5.43 Å². The minimum atomic E-state index is -0.346. The molecule has 0 atom stereocenters. The molecule has 0 aliphatic heterocycles. The van der Waals surface area contributed by atoms with Gasteiger partial charge in [0, 0.05) is 5.56 Å². The van der Waals surface area contributed by atoms with Gasteiger partial charge in [0.2, 0.25) is 0 Å². The Hall–Kier alpha value is -2.56. The van der Waals surface area contributed by atoms with Gasteiger partial charge in [-0.2, -0.15) is 5.10 Å². The summed E-state index contributed by atoms with van der Waals surface area (Å²) < 4.78 is 5.05. The van der Waals surface area contributed by atoms with Crippen molar-refractivity contribution in [1.29, 1.82) is 0 Å². The lowest BCUT2D eigenvalue weighted by atomic mass is 10.1. The number of phenols is 1. The summed E-state index contributed by atoms with van der Waals surface area (Å²) in [6, 6.07) is 8.38. The molecule has 1 aromatic heterocycles. The maximum Gasteiger partial charge on any atom is 0.274 e. The number of hydrogen-bond donors (Lipinski definition) is 2.